The van der Waals surface area contributed by atoms with Crippen molar-refractivity contribution >= 4 is 11.9 Å². The fourth-order valence-electron chi connectivity index (χ4n) is 3.14. The van der Waals surface area contributed by atoms with Crippen LogP contribution in [0, 0.1) is 5.92 Å². The summed E-state index contributed by atoms with van der Waals surface area (Å²) in [6, 6.07) is 0. The summed E-state index contributed by atoms with van der Waals surface area (Å²) in [7, 11) is 0. The van der Waals surface area contributed by atoms with Crippen LogP contribution in [0.4, 0.5) is 0 Å². The number of fused-ring (bicyclic) bond motifs is 1. The Kier molecular flexibility index (Phi) is 5.40. The Hall–Kier alpha value is -1.10. The highest BCUT2D eigenvalue weighted by molar-refractivity contribution is 5.80. The molecule has 0 aromatic rings. The highest BCUT2D eigenvalue weighted by Gasteiger charge is 2.53. The lowest BCUT2D eigenvalue weighted by atomic mass is 9.92. The molecule has 0 aromatic heterocycles. The number of carbonyl (C=O) groups excluding carboxylic acids is 1. The van der Waals surface area contributed by atoms with Crippen molar-refractivity contribution in [3.63, 3.8) is 0 Å². The van der Waals surface area contributed by atoms with E-state index in [2.05, 4.69) is 6.92 Å². The molecule has 20 heavy (non-hydrogen) atoms. The van der Waals surface area contributed by atoms with Crippen LogP contribution in [-0.4, -0.2) is 35.4 Å². The molecule has 0 bridgehead atoms. The molecule has 114 valence electrons. The van der Waals surface area contributed by atoms with E-state index in [9.17, 15) is 9.59 Å². The van der Waals surface area contributed by atoms with Gasteiger partial charge in [-0.25, -0.2) is 9.59 Å². The minimum absolute atomic E-state index is 0.0701. The van der Waals surface area contributed by atoms with E-state index >= 15 is 0 Å². The van der Waals surface area contributed by atoms with Crippen molar-refractivity contribution in [2.75, 3.05) is 0 Å². The standard InChI is InChI=1S/C15H24O5/c1-2-3-4-5-6-7-8-11-10-9-12(14(16)17)19-13(10)15(18)20-11/h10-13H,2-9H2,1H3,(H,16,17)/t10-,11?,12?,13-/m1/s1. The largest absolute Gasteiger partial charge is 0.479 e. The zero-order chi connectivity index (χ0) is 14.5. The first-order valence-electron chi connectivity index (χ1n) is 7.72. The SMILES string of the molecule is CCCCCCCCC1OC(=O)[C@@H]2OC(C(=O)O)C[C@H]12. The van der Waals surface area contributed by atoms with Gasteiger partial charge in [-0.3, -0.25) is 0 Å². The van der Waals surface area contributed by atoms with Gasteiger partial charge in [0.05, 0.1) is 0 Å². The number of carboxylic acid groups (broad SMARTS) is 1. The van der Waals surface area contributed by atoms with Crippen LogP contribution in [0.25, 0.3) is 0 Å². The Bertz CT molecular complexity index is 354. The third-order valence-corrected chi connectivity index (χ3v) is 4.28. The third kappa shape index (κ3) is 3.51. The zero-order valence-electron chi connectivity index (χ0n) is 12.0. The number of unbranched alkanes of at least 4 members (excludes halogenated alkanes) is 5. The van der Waals surface area contributed by atoms with Crippen molar-refractivity contribution in [3.05, 3.63) is 0 Å². The maximum atomic E-state index is 11.7. The fourth-order valence-corrected chi connectivity index (χ4v) is 3.14. The van der Waals surface area contributed by atoms with E-state index in [4.69, 9.17) is 14.6 Å². The Labute approximate surface area is 119 Å². The first-order valence-corrected chi connectivity index (χ1v) is 7.72. The number of rotatable bonds is 8. The average molecular weight is 284 g/mol. The van der Waals surface area contributed by atoms with Crippen LogP contribution in [-0.2, 0) is 19.1 Å². The van der Waals surface area contributed by atoms with E-state index in [1.165, 1.54) is 25.7 Å². The van der Waals surface area contributed by atoms with E-state index in [-0.39, 0.29) is 18.0 Å². The van der Waals surface area contributed by atoms with Gasteiger partial charge in [0.1, 0.15) is 6.10 Å². The quantitative estimate of drug-likeness (QED) is 0.547. The van der Waals surface area contributed by atoms with Crippen molar-refractivity contribution in [1.29, 1.82) is 0 Å². The molecule has 0 aromatic carbocycles. The molecule has 5 nitrogen and oxygen atoms in total. The van der Waals surface area contributed by atoms with Crippen LogP contribution in [0.1, 0.15) is 58.3 Å². The van der Waals surface area contributed by atoms with Crippen molar-refractivity contribution in [3.8, 4) is 0 Å². The van der Waals surface area contributed by atoms with Gasteiger partial charge >= 0.3 is 11.9 Å². The first kappa shape index (κ1) is 15.3. The first-order chi connectivity index (χ1) is 9.63. The van der Waals surface area contributed by atoms with Crippen molar-refractivity contribution in [1.82, 2.24) is 0 Å². The number of carbonyl (C=O) groups is 2. The summed E-state index contributed by atoms with van der Waals surface area (Å²) >= 11 is 0. The van der Waals surface area contributed by atoms with Gasteiger partial charge in [-0.15, -0.1) is 0 Å². The Morgan fingerprint density at radius 1 is 1.25 bits per heavy atom. The van der Waals surface area contributed by atoms with E-state index in [1.54, 1.807) is 0 Å². The summed E-state index contributed by atoms with van der Waals surface area (Å²) in [5.74, 6) is -1.43. The molecule has 0 radical (unpaired) electrons. The van der Waals surface area contributed by atoms with Gasteiger partial charge in [0.25, 0.3) is 0 Å². The van der Waals surface area contributed by atoms with Gasteiger partial charge in [-0.2, -0.15) is 0 Å². The Balaban J connectivity index is 1.73. The third-order valence-electron chi connectivity index (χ3n) is 4.28. The number of esters is 1. The second-order valence-corrected chi connectivity index (χ2v) is 5.81. The van der Waals surface area contributed by atoms with Gasteiger partial charge in [0.2, 0.25) is 0 Å². The molecule has 0 amide bonds. The maximum Gasteiger partial charge on any atom is 0.336 e. The van der Waals surface area contributed by atoms with Crippen LogP contribution >= 0.6 is 0 Å². The number of cyclic esters (lactones) is 1. The van der Waals surface area contributed by atoms with Crippen LogP contribution in [0.2, 0.25) is 0 Å². The molecule has 0 spiro atoms. The normalized spacial score (nSPS) is 32.1. The summed E-state index contributed by atoms with van der Waals surface area (Å²) < 4.78 is 10.6. The van der Waals surface area contributed by atoms with Crippen LogP contribution in [0.5, 0.6) is 0 Å². The molecule has 4 atom stereocenters. The summed E-state index contributed by atoms with van der Waals surface area (Å²) in [4.78, 5) is 22.6. The van der Waals surface area contributed by atoms with Gasteiger partial charge < -0.3 is 14.6 Å². The molecule has 2 heterocycles. The lowest BCUT2D eigenvalue weighted by Crippen LogP contribution is -2.24. The summed E-state index contributed by atoms with van der Waals surface area (Å²) in [5.41, 5.74) is 0. The van der Waals surface area contributed by atoms with E-state index in [0.717, 1.165) is 19.3 Å². The number of hydrogen-bond acceptors (Lipinski definition) is 4. The van der Waals surface area contributed by atoms with E-state index in [1.807, 2.05) is 0 Å². The molecule has 0 aliphatic carbocycles. The van der Waals surface area contributed by atoms with E-state index < -0.39 is 18.2 Å². The zero-order valence-corrected chi connectivity index (χ0v) is 12.0. The van der Waals surface area contributed by atoms with Gasteiger partial charge in [0.15, 0.2) is 12.2 Å². The molecule has 2 saturated heterocycles. The molecule has 1 N–H and O–H groups in total. The number of aliphatic carboxylic acids is 1. The molecule has 0 saturated carbocycles. The average Bonchev–Trinajstić information content (AvgIpc) is 2.96. The monoisotopic (exact) mass is 284 g/mol. The molecule has 2 aliphatic rings. The second kappa shape index (κ2) is 7.07. The molecule has 2 fully saturated rings. The second-order valence-electron chi connectivity index (χ2n) is 5.81. The predicted octanol–water partition coefficient (Wildman–Crippen LogP) is 2.52. The van der Waals surface area contributed by atoms with Crippen molar-refractivity contribution in [2.24, 2.45) is 5.92 Å². The van der Waals surface area contributed by atoms with Crippen LogP contribution in [0.3, 0.4) is 0 Å². The summed E-state index contributed by atoms with van der Waals surface area (Å²) in [6.07, 6.45) is 6.75. The minimum Gasteiger partial charge on any atom is -0.479 e. The lowest BCUT2D eigenvalue weighted by molar-refractivity contribution is -0.158. The highest BCUT2D eigenvalue weighted by atomic mass is 16.6. The molecule has 2 unspecified atom stereocenters. The molecule has 2 aliphatic heterocycles. The van der Waals surface area contributed by atoms with E-state index in [0.29, 0.717) is 6.42 Å². The lowest BCUT2D eigenvalue weighted by Gasteiger charge is -2.15. The fraction of sp³-hybridized carbons (Fsp3) is 0.867. The summed E-state index contributed by atoms with van der Waals surface area (Å²) in [6.45, 7) is 2.19. The molecular formula is C15H24O5. The molecule has 2 rings (SSSR count). The van der Waals surface area contributed by atoms with Crippen LogP contribution < -0.4 is 0 Å². The minimum atomic E-state index is -0.981. The topological polar surface area (TPSA) is 72.8 Å². The Morgan fingerprint density at radius 3 is 2.65 bits per heavy atom. The number of hydrogen-bond donors (Lipinski definition) is 1. The molecule has 5 heteroatoms. The smallest absolute Gasteiger partial charge is 0.336 e. The maximum absolute atomic E-state index is 11.7. The van der Waals surface area contributed by atoms with Gasteiger partial charge in [-0.1, -0.05) is 39.0 Å². The van der Waals surface area contributed by atoms with Crippen LogP contribution in [0.15, 0.2) is 0 Å². The van der Waals surface area contributed by atoms with Gasteiger partial charge in [-0.05, 0) is 19.3 Å². The summed E-state index contributed by atoms with van der Waals surface area (Å²) in [5, 5.41) is 8.96. The highest BCUT2D eigenvalue weighted by Crippen LogP contribution is 2.38. The predicted molar refractivity (Wildman–Crippen MR) is 72.3 cm³/mol. The Morgan fingerprint density at radius 2 is 1.95 bits per heavy atom. The molecular weight excluding hydrogens is 260 g/mol. The van der Waals surface area contributed by atoms with Crippen molar-refractivity contribution in [2.45, 2.75) is 76.6 Å². The van der Waals surface area contributed by atoms with Gasteiger partial charge in [0, 0.05) is 5.92 Å². The number of ether oxygens (including phenoxy) is 2. The number of carboxylic acids is 1. The van der Waals surface area contributed by atoms with Crippen molar-refractivity contribution < 1.29 is 24.2 Å².